The molecular weight excluding hydrogens is 274 g/mol. The van der Waals surface area contributed by atoms with E-state index in [9.17, 15) is 4.79 Å². The minimum absolute atomic E-state index is 0.0563. The SMILES string of the molecule is C[C@@H](CO)N(C)C(=O)c1cccc(Nc2nccs2)c1. The molecule has 2 N–H and O–H groups in total. The highest BCUT2D eigenvalue weighted by Gasteiger charge is 2.16. The zero-order valence-corrected chi connectivity index (χ0v) is 12.2. The fourth-order valence-electron chi connectivity index (χ4n) is 1.66. The molecule has 6 heteroatoms. The number of nitrogens with one attached hydrogen (secondary N) is 1. The Labute approximate surface area is 121 Å². The Balaban J connectivity index is 2.15. The van der Waals surface area contributed by atoms with E-state index in [2.05, 4.69) is 10.3 Å². The number of carbonyl (C=O) groups is 1. The van der Waals surface area contributed by atoms with Crippen LogP contribution < -0.4 is 5.32 Å². The quantitative estimate of drug-likeness (QED) is 0.887. The highest BCUT2D eigenvalue weighted by molar-refractivity contribution is 7.13. The molecule has 1 amide bonds. The van der Waals surface area contributed by atoms with E-state index in [1.807, 2.05) is 17.5 Å². The Morgan fingerprint density at radius 1 is 1.55 bits per heavy atom. The Kier molecular flexibility index (Phi) is 4.70. The van der Waals surface area contributed by atoms with Gasteiger partial charge in [0.05, 0.1) is 12.6 Å². The number of thiazole rings is 1. The molecule has 0 saturated heterocycles. The summed E-state index contributed by atoms with van der Waals surface area (Å²) in [4.78, 5) is 17.9. The fourth-order valence-corrected chi connectivity index (χ4v) is 2.21. The van der Waals surface area contributed by atoms with Crippen molar-refractivity contribution in [3.8, 4) is 0 Å². The number of nitrogens with zero attached hydrogens (tertiary/aromatic N) is 2. The largest absolute Gasteiger partial charge is 0.394 e. The molecule has 1 aromatic heterocycles. The normalized spacial score (nSPS) is 11.9. The third-order valence-electron chi connectivity index (χ3n) is 3.04. The number of hydrogen-bond acceptors (Lipinski definition) is 5. The molecule has 20 heavy (non-hydrogen) atoms. The van der Waals surface area contributed by atoms with Gasteiger partial charge in [0, 0.05) is 29.9 Å². The summed E-state index contributed by atoms with van der Waals surface area (Å²) in [5.74, 6) is -0.116. The van der Waals surface area contributed by atoms with Crippen LogP contribution in [0.15, 0.2) is 35.8 Å². The van der Waals surface area contributed by atoms with Crippen LogP contribution in [-0.4, -0.2) is 40.6 Å². The average Bonchev–Trinajstić information content (AvgIpc) is 2.98. The summed E-state index contributed by atoms with van der Waals surface area (Å²) in [6.07, 6.45) is 1.72. The number of anilines is 2. The smallest absolute Gasteiger partial charge is 0.253 e. The minimum atomic E-state index is -0.210. The standard InChI is InChI=1S/C14H17N3O2S/c1-10(9-18)17(2)13(19)11-4-3-5-12(8-11)16-14-15-6-7-20-14/h3-8,10,18H,9H2,1-2H3,(H,15,16)/t10-/m0/s1. The van der Waals surface area contributed by atoms with Crippen molar-refractivity contribution < 1.29 is 9.90 Å². The topological polar surface area (TPSA) is 65.5 Å². The summed E-state index contributed by atoms with van der Waals surface area (Å²) < 4.78 is 0. The Hall–Kier alpha value is -1.92. The zero-order valence-electron chi connectivity index (χ0n) is 11.4. The van der Waals surface area contributed by atoms with Crippen LogP contribution in [0.3, 0.4) is 0 Å². The first-order chi connectivity index (χ1) is 9.61. The highest BCUT2D eigenvalue weighted by atomic mass is 32.1. The number of hydrogen-bond donors (Lipinski definition) is 2. The van der Waals surface area contributed by atoms with E-state index >= 15 is 0 Å². The summed E-state index contributed by atoms with van der Waals surface area (Å²) in [6.45, 7) is 1.74. The van der Waals surface area contributed by atoms with Crippen LogP contribution in [0.25, 0.3) is 0 Å². The molecule has 1 atom stereocenters. The lowest BCUT2D eigenvalue weighted by molar-refractivity contribution is 0.0682. The van der Waals surface area contributed by atoms with E-state index in [1.54, 1.807) is 32.3 Å². The number of benzene rings is 1. The van der Waals surface area contributed by atoms with Gasteiger partial charge in [-0.2, -0.15) is 0 Å². The van der Waals surface area contributed by atoms with Gasteiger partial charge in [0.15, 0.2) is 5.13 Å². The van der Waals surface area contributed by atoms with Gasteiger partial charge in [-0.1, -0.05) is 6.07 Å². The van der Waals surface area contributed by atoms with Crippen LogP contribution in [0, 0.1) is 0 Å². The molecule has 1 aromatic carbocycles. The van der Waals surface area contributed by atoms with Crippen molar-refractivity contribution in [2.24, 2.45) is 0 Å². The van der Waals surface area contributed by atoms with Gasteiger partial charge >= 0.3 is 0 Å². The van der Waals surface area contributed by atoms with E-state index in [4.69, 9.17) is 5.11 Å². The van der Waals surface area contributed by atoms with Crippen LogP contribution in [0.4, 0.5) is 10.8 Å². The van der Waals surface area contributed by atoms with Gasteiger partial charge in [0.25, 0.3) is 5.91 Å². The number of carbonyl (C=O) groups excluding carboxylic acids is 1. The molecule has 2 rings (SSSR count). The Morgan fingerprint density at radius 2 is 2.35 bits per heavy atom. The van der Waals surface area contributed by atoms with Crippen LogP contribution >= 0.6 is 11.3 Å². The zero-order chi connectivity index (χ0) is 14.5. The van der Waals surface area contributed by atoms with E-state index in [0.717, 1.165) is 10.8 Å². The van der Waals surface area contributed by atoms with E-state index < -0.39 is 0 Å². The van der Waals surface area contributed by atoms with Gasteiger partial charge in [-0.25, -0.2) is 4.98 Å². The lowest BCUT2D eigenvalue weighted by Gasteiger charge is -2.23. The molecule has 0 spiro atoms. The van der Waals surface area contributed by atoms with E-state index in [-0.39, 0.29) is 18.6 Å². The van der Waals surface area contributed by atoms with Gasteiger partial charge in [-0.3, -0.25) is 4.79 Å². The van der Waals surface area contributed by atoms with E-state index in [1.165, 1.54) is 16.2 Å². The molecule has 106 valence electrons. The molecule has 0 aliphatic heterocycles. The fraction of sp³-hybridized carbons (Fsp3) is 0.286. The first kappa shape index (κ1) is 14.5. The first-order valence-electron chi connectivity index (χ1n) is 6.26. The Morgan fingerprint density at radius 3 is 3.00 bits per heavy atom. The maximum atomic E-state index is 12.3. The molecule has 0 radical (unpaired) electrons. The second-order valence-corrected chi connectivity index (χ2v) is 5.39. The minimum Gasteiger partial charge on any atom is -0.394 e. The van der Waals surface area contributed by atoms with Crippen molar-refractivity contribution >= 4 is 28.1 Å². The highest BCUT2D eigenvalue weighted by Crippen LogP contribution is 2.20. The lowest BCUT2D eigenvalue weighted by Crippen LogP contribution is -2.37. The van der Waals surface area contributed by atoms with Crippen molar-refractivity contribution in [2.75, 3.05) is 19.0 Å². The second-order valence-electron chi connectivity index (χ2n) is 4.49. The molecule has 0 aliphatic carbocycles. The molecular formula is C14H17N3O2S. The summed E-state index contributed by atoms with van der Waals surface area (Å²) in [5.41, 5.74) is 1.39. The number of aliphatic hydroxyl groups excluding tert-OH is 1. The predicted octanol–water partition coefficient (Wildman–Crippen LogP) is 2.34. The van der Waals surface area contributed by atoms with Gasteiger partial charge in [0.2, 0.25) is 0 Å². The second kappa shape index (κ2) is 6.49. The molecule has 0 aliphatic rings. The van der Waals surface area contributed by atoms with Gasteiger partial charge in [-0.15, -0.1) is 11.3 Å². The molecule has 0 fully saturated rings. The first-order valence-corrected chi connectivity index (χ1v) is 7.14. The van der Waals surface area contributed by atoms with Crippen LogP contribution in [0.5, 0.6) is 0 Å². The maximum absolute atomic E-state index is 12.3. The average molecular weight is 291 g/mol. The number of aliphatic hydroxyl groups is 1. The van der Waals surface area contributed by atoms with Crippen LogP contribution in [-0.2, 0) is 0 Å². The molecule has 5 nitrogen and oxygen atoms in total. The molecule has 2 aromatic rings. The maximum Gasteiger partial charge on any atom is 0.253 e. The third-order valence-corrected chi connectivity index (χ3v) is 3.73. The van der Waals surface area contributed by atoms with Crippen LogP contribution in [0.2, 0.25) is 0 Å². The van der Waals surface area contributed by atoms with Crippen LogP contribution in [0.1, 0.15) is 17.3 Å². The van der Waals surface area contributed by atoms with E-state index in [0.29, 0.717) is 5.56 Å². The van der Waals surface area contributed by atoms with Crippen molar-refractivity contribution in [3.63, 3.8) is 0 Å². The molecule has 1 heterocycles. The summed E-state index contributed by atoms with van der Waals surface area (Å²) >= 11 is 1.50. The number of rotatable bonds is 5. The lowest BCUT2D eigenvalue weighted by atomic mass is 10.1. The predicted molar refractivity (Wildman–Crippen MR) is 80.5 cm³/mol. The number of amides is 1. The molecule has 0 unspecified atom stereocenters. The van der Waals surface area contributed by atoms with Crippen molar-refractivity contribution in [2.45, 2.75) is 13.0 Å². The van der Waals surface area contributed by atoms with Gasteiger partial charge < -0.3 is 15.3 Å². The van der Waals surface area contributed by atoms with Gasteiger partial charge in [0.1, 0.15) is 0 Å². The molecule has 0 saturated carbocycles. The Bertz CT molecular complexity index is 572. The number of likely N-dealkylation sites (N-methyl/N-ethyl adjacent to an activating group) is 1. The molecule has 0 bridgehead atoms. The van der Waals surface area contributed by atoms with Crippen molar-refractivity contribution in [1.82, 2.24) is 9.88 Å². The summed E-state index contributed by atoms with van der Waals surface area (Å²) in [6, 6.07) is 7.03. The third kappa shape index (κ3) is 3.34. The number of aromatic nitrogens is 1. The summed E-state index contributed by atoms with van der Waals surface area (Å²) in [7, 11) is 1.68. The monoisotopic (exact) mass is 291 g/mol. The van der Waals surface area contributed by atoms with Crippen molar-refractivity contribution in [3.05, 3.63) is 41.4 Å². The van der Waals surface area contributed by atoms with Gasteiger partial charge in [-0.05, 0) is 25.1 Å². The summed E-state index contributed by atoms with van der Waals surface area (Å²) in [5, 5.41) is 14.9. The van der Waals surface area contributed by atoms with Crippen molar-refractivity contribution in [1.29, 1.82) is 0 Å².